The van der Waals surface area contributed by atoms with E-state index in [1.54, 1.807) is 18.6 Å². The molecule has 0 radical (unpaired) electrons. The molecule has 4 rings (SSSR count). The number of carbonyl (C=O) groups is 1. The number of ether oxygens (including phenoxy) is 1. The summed E-state index contributed by atoms with van der Waals surface area (Å²) < 4.78 is 6.18. The number of aromatic nitrogens is 3. The molecule has 2 aromatic heterocycles. The number of hydrogen-bond acceptors (Lipinski definition) is 6. The van der Waals surface area contributed by atoms with Gasteiger partial charge in [0.15, 0.2) is 0 Å². The van der Waals surface area contributed by atoms with Gasteiger partial charge in [0.25, 0.3) is 5.91 Å². The average Bonchev–Trinajstić information content (AvgIpc) is 2.70. The van der Waals surface area contributed by atoms with Crippen LogP contribution in [0.1, 0.15) is 28.9 Å². The van der Waals surface area contributed by atoms with Gasteiger partial charge in [-0.2, -0.15) is 0 Å². The van der Waals surface area contributed by atoms with Gasteiger partial charge in [-0.1, -0.05) is 6.07 Å². The Hall–Kier alpha value is -2.38. The number of hydrogen-bond donors (Lipinski definition) is 0. The zero-order valence-electron chi connectivity index (χ0n) is 14.8. The summed E-state index contributed by atoms with van der Waals surface area (Å²) in [5.74, 6) is -0.0454. The highest BCUT2D eigenvalue weighted by atomic mass is 16.5. The molecular formula is C19H23N5O2. The Morgan fingerprint density at radius 3 is 2.69 bits per heavy atom. The first-order valence-electron chi connectivity index (χ1n) is 9.05. The first kappa shape index (κ1) is 17.1. The minimum absolute atomic E-state index is 0.0454. The molecule has 7 heteroatoms. The first-order chi connectivity index (χ1) is 12.7. The van der Waals surface area contributed by atoms with E-state index in [2.05, 4.69) is 25.9 Å². The highest BCUT2D eigenvalue weighted by molar-refractivity contribution is 5.92. The molecule has 2 aromatic rings. The SMILES string of the molecule is O=C(c1cnccn1)N1CCC2(CC1)CN(Cc1cccnc1)CCO2. The maximum atomic E-state index is 12.5. The van der Waals surface area contributed by atoms with Gasteiger partial charge in [-0.15, -0.1) is 0 Å². The van der Waals surface area contributed by atoms with Gasteiger partial charge in [-0.25, -0.2) is 4.98 Å². The number of pyridine rings is 1. The smallest absolute Gasteiger partial charge is 0.274 e. The fourth-order valence-corrected chi connectivity index (χ4v) is 3.80. The summed E-state index contributed by atoms with van der Waals surface area (Å²) in [5.41, 5.74) is 1.48. The van der Waals surface area contributed by atoms with Gasteiger partial charge < -0.3 is 9.64 Å². The lowest BCUT2D eigenvalue weighted by atomic mass is 9.89. The molecule has 0 unspecified atom stereocenters. The lowest BCUT2D eigenvalue weighted by Gasteiger charge is -2.47. The molecule has 1 amide bonds. The summed E-state index contributed by atoms with van der Waals surface area (Å²) in [6, 6.07) is 4.08. The van der Waals surface area contributed by atoms with E-state index < -0.39 is 0 Å². The number of likely N-dealkylation sites (tertiary alicyclic amines) is 1. The van der Waals surface area contributed by atoms with Crippen molar-refractivity contribution in [1.29, 1.82) is 0 Å². The summed E-state index contributed by atoms with van der Waals surface area (Å²) in [6.45, 7) is 4.83. The Morgan fingerprint density at radius 2 is 1.96 bits per heavy atom. The van der Waals surface area contributed by atoms with E-state index >= 15 is 0 Å². The van der Waals surface area contributed by atoms with Crippen LogP contribution < -0.4 is 0 Å². The van der Waals surface area contributed by atoms with E-state index in [-0.39, 0.29) is 11.5 Å². The van der Waals surface area contributed by atoms with Crippen LogP contribution in [0.4, 0.5) is 0 Å². The Kier molecular flexibility index (Phi) is 4.90. The van der Waals surface area contributed by atoms with E-state index in [9.17, 15) is 4.79 Å². The molecular weight excluding hydrogens is 330 g/mol. The summed E-state index contributed by atoms with van der Waals surface area (Å²) in [6.07, 6.45) is 10.1. The molecule has 136 valence electrons. The molecule has 0 atom stereocenters. The molecule has 0 bridgehead atoms. The second kappa shape index (κ2) is 7.47. The lowest BCUT2D eigenvalue weighted by molar-refractivity contribution is -0.134. The van der Waals surface area contributed by atoms with Crippen LogP contribution in [0.2, 0.25) is 0 Å². The van der Waals surface area contributed by atoms with Crippen molar-refractivity contribution in [3.05, 3.63) is 54.4 Å². The third-order valence-corrected chi connectivity index (χ3v) is 5.20. The number of nitrogens with zero attached hydrogens (tertiary/aromatic N) is 5. The molecule has 7 nitrogen and oxygen atoms in total. The zero-order chi connectivity index (χ0) is 17.8. The van der Waals surface area contributed by atoms with Gasteiger partial charge in [0.2, 0.25) is 0 Å². The van der Waals surface area contributed by atoms with Crippen molar-refractivity contribution < 1.29 is 9.53 Å². The summed E-state index contributed by atoms with van der Waals surface area (Å²) in [4.78, 5) is 29.1. The summed E-state index contributed by atoms with van der Waals surface area (Å²) >= 11 is 0. The third kappa shape index (κ3) is 3.73. The normalized spacial score (nSPS) is 20.2. The van der Waals surface area contributed by atoms with Crippen molar-refractivity contribution in [1.82, 2.24) is 24.8 Å². The van der Waals surface area contributed by atoms with Crippen LogP contribution in [-0.4, -0.2) is 69.0 Å². The van der Waals surface area contributed by atoms with Crippen LogP contribution in [0.5, 0.6) is 0 Å². The van der Waals surface area contributed by atoms with Gasteiger partial charge in [0.05, 0.1) is 18.4 Å². The third-order valence-electron chi connectivity index (χ3n) is 5.20. The largest absolute Gasteiger partial charge is 0.372 e. The van der Waals surface area contributed by atoms with E-state index in [1.807, 2.05) is 17.2 Å². The van der Waals surface area contributed by atoms with E-state index in [0.717, 1.165) is 39.1 Å². The maximum Gasteiger partial charge on any atom is 0.274 e. The number of rotatable bonds is 3. The topological polar surface area (TPSA) is 71.5 Å². The van der Waals surface area contributed by atoms with Crippen molar-refractivity contribution >= 4 is 5.91 Å². The molecule has 26 heavy (non-hydrogen) atoms. The number of morpholine rings is 1. The molecule has 2 aliphatic heterocycles. The predicted octanol–water partition coefficient (Wildman–Crippen LogP) is 1.38. The van der Waals surface area contributed by atoms with Crippen LogP contribution in [0.25, 0.3) is 0 Å². The standard InChI is InChI=1S/C19H23N5O2/c25-18(17-13-21-6-7-22-17)24-8-3-19(4-9-24)15-23(10-11-26-19)14-16-2-1-5-20-12-16/h1-2,5-7,12-13H,3-4,8-11,14-15H2. The van der Waals surface area contributed by atoms with Crippen LogP contribution in [-0.2, 0) is 11.3 Å². The van der Waals surface area contributed by atoms with E-state index in [1.165, 1.54) is 11.8 Å². The first-order valence-corrected chi connectivity index (χ1v) is 9.05. The quantitative estimate of drug-likeness (QED) is 0.830. The lowest BCUT2D eigenvalue weighted by Crippen LogP contribution is -2.57. The van der Waals surface area contributed by atoms with Gasteiger partial charge in [-0.05, 0) is 24.5 Å². The van der Waals surface area contributed by atoms with Gasteiger partial charge in [-0.3, -0.25) is 19.7 Å². The minimum Gasteiger partial charge on any atom is -0.372 e. The fraction of sp³-hybridized carbons (Fsp3) is 0.474. The second-order valence-electron chi connectivity index (χ2n) is 6.99. The van der Waals surface area contributed by atoms with Crippen LogP contribution in [0, 0.1) is 0 Å². The van der Waals surface area contributed by atoms with Crippen molar-refractivity contribution in [2.45, 2.75) is 25.0 Å². The summed E-state index contributed by atoms with van der Waals surface area (Å²) in [7, 11) is 0. The predicted molar refractivity (Wildman–Crippen MR) is 95.4 cm³/mol. The fourth-order valence-electron chi connectivity index (χ4n) is 3.80. The number of piperidine rings is 1. The Morgan fingerprint density at radius 1 is 1.12 bits per heavy atom. The Bertz CT molecular complexity index is 732. The highest BCUT2D eigenvalue weighted by Gasteiger charge is 2.40. The summed E-state index contributed by atoms with van der Waals surface area (Å²) in [5, 5.41) is 0. The number of amides is 1. The molecule has 0 aliphatic carbocycles. The highest BCUT2D eigenvalue weighted by Crippen LogP contribution is 2.31. The molecule has 2 fully saturated rings. The van der Waals surface area contributed by atoms with Crippen LogP contribution in [0.15, 0.2) is 43.1 Å². The molecule has 0 N–H and O–H groups in total. The number of carbonyl (C=O) groups excluding carboxylic acids is 1. The molecule has 2 saturated heterocycles. The van der Waals surface area contributed by atoms with E-state index in [0.29, 0.717) is 18.8 Å². The van der Waals surface area contributed by atoms with Crippen molar-refractivity contribution in [3.8, 4) is 0 Å². The Balaban J connectivity index is 1.36. The molecule has 1 spiro atoms. The molecule has 0 saturated carbocycles. The molecule has 2 aliphatic rings. The van der Waals surface area contributed by atoms with Gasteiger partial charge in [0.1, 0.15) is 5.69 Å². The monoisotopic (exact) mass is 353 g/mol. The van der Waals surface area contributed by atoms with Gasteiger partial charge in [0, 0.05) is 57.5 Å². The van der Waals surface area contributed by atoms with Crippen LogP contribution >= 0.6 is 0 Å². The van der Waals surface area contributed by atoms with Crippen molar-refractivity contribution in [3.63, 3.8) is 0 Å². The molecule has 4 heterocycles. The van der Waals surface area contributed by atoms with Crippen molar-refractivity contribution in [2.75, 3.05) is 32.8 Å². The molecule has 0 aromatic carbocycles. The van der Waals surface area contributed by atoms with Crippen molar-refractivity contribution in [2.24, 2.45) is 0 Å². The van der Waals surface area contributed by atoms with Gasteiger partial charge >= 0.3 is 0 Å². The second-order valence-corrected chi connectivity index (χ2v) is 6.99. The van der Waals surface area contributed by atoms with E-state index in [4.69, 9.17) is 4.74 Å². The maximum absolute atomic E-state index is 12.5. The minimum atomic E-state index is -0.153. The average molecular weight is 353 g/mol. The van der Waals surface area contributed by atoms with Crippen LogP contribution in [0.3, 0.4) is 0 Å². The Labute approximate surface area is 153 Å². The zero-order valence-corrected chi connectivity index (χ0v) is 14.8.